The molecule has 0 atom stereocenters. The Bertz CT molecular complexity index is 1080. The van der Waals surface area contributed by atoms with Crippen molar-refractivity contribution in [3.05, 3.63) is 53.7 Å². The number of anilines is 1. The van der Waals surface area contributed by atoms with Crippen molar-refractivity contribution < 1.29 is 4.79 Å². The van der Waals surface area contributed by atoms with E-state index in [1.165, 1.54) is 0 Å². The molecule has 3 heterocycles. The van der Waals surface area contributed by atoms with E-state index in [0.29, 0.717) is 28.2 Å². The highest BCUT2D eigenvalue weighted by Gasteiger charge is 2.17. The van der Waals surface area contributed by atoms with E-state index in [-0.39, 0.29) is 5.91 Å². The number of fused-ring (bicyclic) bond motifs is 2. The summed E-state index contributed by atoms with van der Waals surface area (Å²) in [5.74, 6) is 1.22. The van der Waals surface area contributed by atoms with Crippen molar-refractivity contribution in [1.29, 1.82) is 0 Å². The second-order valence-corrected chi connectivity index (χ2v) is 5.44. The Labute approximate surface area is 131 Å². The average molecular weight is 306 g/mol. The molecule has 0 saturated heterocycles. The van der Waals surface area contributed by atoms with Crippen LogP contribution in [-0.4, -0.2) is 30.1 Å². The van der Waals surface area contributed by atoms with Crippen molar-refractivity contribution in [1.82, 2.24) is 24.1 Å². The first kappa shape index (κ1) is 13.4. The molecule has 0 spiro atoms. The Hall–Kier alpha value is -3.22. The van der Waals surface area contributed by atoms with Crippen LogP contribution in [0.5, 0.6) is 0 Å². The van der Waals surface area contributed by atoms with Gasteiger partial charge in [-0.25, -0.2) is 4.98 Å². The molecule has 114 valence electrons. The summed E-state index contributed by atoms with van der Waals surface area (Å²) in [7, 11) is 0. The fourth-order valence-electron chi connectivity index (χ4n) is 2.74. The molecule has 23 heavy (non-hydrogen) atoms. The van der Waals surface area contributed by atoms with E-state index in [0.717, 1.165) is 11.3 Å². The van der Waals surface area contributed by atoms with Gasteiger partial charge >= 0.3 is 0 Å². The zero-order chi connectivity index (χ0) is 16.1. The lowest BCUT2D eigenvalue weighted by Gasteiger charge is -2.06. The van der Waals surface area contributed by atoms with Crippen LogP contribution in [0.2, 0.25) is 0 Å². The molecule has 7 heteroatoms. The lowest BCUT2D eigenvalue weighted by atomic mass is 10.2. The molecule has 0 radical (unpaired) electrons. The van der Waals surface area contributed by atoms with E-state index in [2.05, 4.69) is 15.2 Å². The van der Waals surface area contributed by atoms with Gasteiger partial charge in [0.25, 0.3) is 5.91 Å². The van der Waals surface area contributed by atoms with Crippen LogP contribution in [0.4, 0.5) is 5.69 Å². The molecule has 0 aliphatic heterocycles. The molecule has 0 saturated carbocycles. The molecule has 7 nitrogen and oxygen atoms in total. The van der Waals surface area contributed by atoms with Crippen LogP contribution in [0.1, 0.15) is 22.0 Å². The van der Waals surface area contributed by atoms with Crippen LogP contribution in [0.3, 0.4) is 0 Å². The van der Waals surface area contributed by atoms with Crippen LogP contribution < -0.4 is 5.73 Å². The van der Waals surface area contributed by atoms with Gasteiger partial charge in [-0.2, -0.15) is 0 Å². The average Bonchev–Trinajstić information content (AvgIpc) is 3.06. The summed E-state index contributed by atoms with van der Waals surface area (Å²) in [6.07, 6.45) is 1.79. The van der Waals surface area contributed by atoms with Gasteiger partial charge in [0.15, 0.2) is 5.65 Å². The van der Waals surface area contributed by atoms with Gasteiger partial charge in [0.2, 0.25) is 0 Å². The van der Waals surface area contributed by atoms with Crippen molar-refractivity contribution in [3.8, 4) is 0 Å². The second kappa shape index (κ2) is 4.64. The Morgan fingerprint density at radius 2 is 1.91 bits per heavy atom. The van der Waals surface area contributed by atoms with E-state index in [9.17, 15) is 4.79 Å². The lowest BCUT2D eigenvalue weighted by molar-refractivity contribution is 0.0962. The number of imidazole rings is 1. The van der Waals surface area contributed by atoms with Crippen molar-refractivity contribution in [2.75, 3.05) is 5.73 Å². The molecule has 0 bridgehead atoms. The maximum atomic E-state index is 12.9. The van der Waals surface area contributed by atoms with Crippen LogP contribution in [0.25, 0.3) is 16.7 Å². The van der Waals surface area contributed by atoms with E-state index < -0.39 is 0 Å². The first-order chi connectivity index (χ1) is 11.0. The van der Waals surface area contributed by atoms with Gasteiger partial charge in [0, 0.05) is 17.4 Å². The molecule has 0 aliphatic carbocycles. The number of rotatable bonds is 1. The summed E-state index contributed by atoms with van der Waals surface area (Å²) in [5.41, 5.74) is 9.03. The number of pyridine rings is 1. The summed E-state index contributed by atoms with van der Waals surface area (Å²) in [4.78, 5) is 17.3. The number of carbonyl (C=O) groups is 1. The second-order valence-electron chi connectivity index (χ2n) is 5.44. The highest BCUT2D eigenvalue weighted by Crippen LogP contribution is 2.20. The minimum atomic E-state index is -0.168. The zero-order valence-electron chi connectivity index (χ0n) is 12.7. The summed E-state index contributed by atoms with van der Waals surface area (Å²) in [6, 6.07) is 8.82. The molecule has 4 rings (SSSR count). The quantitative estimate of drug-likeness (QED) is 0.543. The van der Waals surface area contributed by atoms with Crippen molar-refractivity contribution >= 4 is 28.3 Å². The highest BCUT2D eigenvalue weighted by molar-refractivity contribution is 6.02. The lowest BCUT2D eigenvalue weighted by Crippen LogP contribution is -2.14. The maximum Gasteiger partial charge on any atom is 0.264 e. The molecule has 0 aliphatic rings. The van der Waals surface area contributed by atoms with Crippen LogP contribution in [0, 0.1) is 13.8 Å². The highest BCUT2D eigenvalue weighted by atomic mass is 16.2. The van der Waals surface area contributed by atoms with Gasteiger partial charge in [-0.3, -0.25) is 13.8 Å². The molecule has 0 fully saturated rings. The van der Waals surface area contributed by atoms with Crippen molar-refractivity contribution in [3.63, 3.8) is 0 Å². The number of nitrogens with zero attached hydrogens (tertiary/aromatic N) is 5. The minimum absolute atomic E-state index is 0.168. The molecule has 0 amide bonds. The van der Waals surface area contributed by atoms with E-state index in [1.54, 1.807) is 42.0 Å². The van der Waals surface area contributed by atoms with Crippen LogP contribution in [-0.2, 0) is 0 Å². The van der Waals surface area contributed by atoms with Crippen molar-refractivity contribution in [2.45, 2.75) is 13.8 Å². The van der Waals surface area contributed by atoms with Crippen molar-refractivity contribution in [2.24, 2.45) is 0 Å². The number of carbonyl (C=O) groups excluding carboxylic acids is 1. The Morgan fingerprint density at radius 3 is 2.74 bits per heavy atom. The van der Waals surface area contributed by atoms with Crippen LogP contribution >= 0.6 is 0 Å². The number of nitrogen functional groups attached to an aromatic ring is 1. The van der Waals surface area contributed by atoms with E-state index in [1.807, 2.05) is 17.4 Å². The van der Waals surface area contributed by atoms with Gasteiger partial charge in [-0.05, 0) is 44.2 Å². The van der Waals surface area contributed by atoms with Gasteiger partial charge in [0.1, 0.15) is 11.6 Å². The summed E-state index contributed by atoms with van der Waals surface area (Å²) >= 11 is 0. The molecular weight excluding hydrogens is 292 g/mol. The van der Waals surface area contributed by atoms with Gasteiger partial charge in [0.05, 0.1) is 11.0 Å². The molecule has 2 N–H and O–H groups in total. The summed E-state index contributed by atoms with van der Waals surface area (Å²) in [5, 5.41) is 8.06. The first-order valence-corrected chi connectivity index (χ1v) is 7.15. The normalized spacial score (nSPS) is 11.4. The molecule has 0 unspecified atom stereocenters. The fraction of sp³-hybridized carbons (Fsp3) is 0.125. The predicted octanol–water partition coefficient (Wildman–Crippen LogP) is 1.97. The maximum absolute atomic E-state index is 12.9. The summed E-state index contributed by atoms with van der Waals surface area (Å²) < 4.78 is 3.40. The molecule has 3 aromatic heterocycles. The summed E-state index contributed by atoms with van der Waals surface area (Å²) in [6.45, 7) is 3.66. The molecular formula is C16H14N6O. The third-order valence-electron chi connectivity index (χ3n) is 3.88. The fourth-order valence-corrected chi connectivity index (χ4v) is 2.74. The largest absolute Gasteiger partial charge is 0.399 e. The topological polar surface area (TPSA) is 91.1 Å². The smallest absolute Gasteiger partial charge is 0.264 e. The zero-order valence-corrected chi connectivity index (χ0v) is 12.7. The Morgan fingerprint density at radius 1 is 1.09 bits per heavy atom. The minimum Gasteiger partial charge on any atom is -0.399 e. The number of nitrogens with two attached hydrogens (primary N) is 1. The Kier molecular flexibility index (Phi) is 2.71. The van der Waals surface area contributed by atoms with Gasteiger partial charge < -0.3 is 5.73 Å². The number of aryl methyl sites for hydroxylation is 2. The number of benzene rings is 1. The van der Waals surface area contributed by atoms with Gasteiger partial charge in [-0.15, -0.1) is 10.2 Å². The standard InChI is InChI=1S/C16H14N6O/c1-9-18-13-4-3-12(17)8-14(13)22(9)16(23)11-5-6-21-10(2)19-20-15(21)7-11/h3-8H,17H2,1-2H3. The monoisotopic (exact) mass is 306 g/mol. The number of hydrogen-bond acceptors (Lipinski definition) is 5. The number of hydrogen-bond donors (Lipinski definition) is 1. The third-order valence-corrected chi connectivity index (χ3v) is 3.88. The SMILES string of the molecule is Cc1nc2ccc(N)cc2n1C(=O)c1ccn2c(C)nnc2c1. The molecule has 1 aromatic carbocycles. The van der Waals surface area contributed by atoms with E-state index in [4.69, 9.17) is 5.73 Å². The Balaban J connectivity index is 1.90. The van der Waals surface area contributed by atoms with Crippen LogP contribution in [0.15, 0.2) is 36.5 Å². The van der Waals surface area contributed by atoms with Gasteiger partial charge in [-0.1, -0.05) is 0 Å². The number of aromatic nitrogens is 5. The third kappa shape index (κ3) is 1.97. The molecule has 4 aromatic rings. The van der Waals surface area contributed by atoms with E-state index >= 15 is 0 Å². The predicted molar refractivity (Wildman–Crippen MR) is 86.3 cm³/mol. The first-order valence-electron chi connectivity index (χ1n) is 7.15.